The van der Waals surface area contributed by atoms with Crippen molar-refractivity contribution in [2.75, 3.05) is 36.1 Å². The maximum Gasteiger partial charge on any atom is 0.311 e. The maximum atomic E-state index is 14.0. The molecule has 2 aliphatic heterocycles. The first-order valence-corrected chi connectivity index (χ1v) is 13.6. The first-order chi connectivity index (χ1) is 20.8. The zero-order valence-corrected chi connectivity index (χ0v) is 23.1. The van der Waals surface area contributed by atoms with Crippen LogP contribution in [-0.2, 0) is 35.3 Å². The molecule has 0 saturated carbocycles. The number of hydrogen-bond donors (Lipinski definition) is 3. The molecule has 12 heteroatoms. The fourth-order valence-electron chi connectivity index (χ4n) is 4.98. The number of amides is 4. The molecule has 0 spiro atoms. The number of rotatable bonds is 9. The predicted octanol–water partition coefficient (Wildman–Crippen LogP) is 1.13. The van der Waals surface area contributed by atoms with Crippen LogP contribution < -0.4 is 20.4 Å². The summed E-state index contributed by atoms with van der Waals surface area (Å²) < 4.78 is 11.1. The molecule has 43 heavy (non-hydrogen) atoms. The van der Waals surface area contributed by atoms with E-state index in [1.165, 1.54) is 4.90 Å². The molecule has 3 aromatic rings. The number of carbonyl (C=O) groups excluding carboxylic acids is 5. The van der Waals surface area contributed by atoms with Crippen molar-refractivity contribution < 1.29 is 38.6 Å². The minimum absolute atomic E-state index is 0.0923. The molecular formula is C31H30N4O8. The number of nitrogens with zero attached hydrogens (tertiary/aromatic N) is 2. The van der Waals surface area contributed by atoms with E-state index in [-0.39, 0.29) is 37.6 Å². The molecular weight excluding hydrogens is 556 g/mol. The lowest BCUT2D eigenvalue weighted by Crippen LogP contribution is -2.57. The van der Waals surface area contributed by atoms with E-state index < -0.39 is 54.5 Å². The molecule has 4 amide bonds. The van der Waals surface area contributed by atoms with E-state index in [0.717, 1.165) is 10.5 Å². The second kappa shape index (κ2) is 12.8. The van der Waals surface area contributed by atoms with Crippen LogP contribution in [0.25, 0.3) is 0 Å². The van der Waals surface area contributed by atoms with Crippen molar-refractivity contribution in [2.45, 2.75) is 24.8 Å². The van der Waals surface area contributed by atoms with Crippen LogP contribution in [0.4, 0.5) is 11.4 Å². The van der Waals surface area contributed by atoms with Crippen molar-refractivity contribution in [1.82, 2.24) is 10.6 Å². The smallest absolute Gasteiger partial charge is 0.311 e. The number of para-hydroxylation sites is 2. The second-order valence-corrected chi connectivity index (χ2v) is 10.1. The van der Waals surface area contributed by atoms with Crippen LogP contribution in [0.1, 0.15) is 22.3 Å². The van der Waals surface area contributed by atoms with Crippen LogP contribution in [0.5, 0.6) is 0 Å². The number of cyclic esters (lactones) is 1. The van der Waals surface area contributed by atoms with Gasteiger partial charge in [-0.2, -0.15) is 0 Å². The van der Waals surface area contributed by atoms with Gasteiger partial charge in [-0.05, 0) is 29.8 Å². The van der Waals surface area contributed by atoms with Gasteiger partial charge in [-0.15, -0.1) is 0 Å². The highest BCUT2D eigenvalue weighted by atomic mass is 16.6. The highest BCUT2D eigenvalue weighted by Gasteiger charge is 2.44. The lowest BCUT2D eigenvalue weighted by Gasteiger charge is -2.30. The minimum Gasteiger partial charge on any atom is -0.460 e. The van der Waals surface area contributed by atoms with E-state index in [0.29, 0.717) is 5.56 Å². The fourth-order valence-corrected chi connectivity index (χ4v) is 4.98. The van der Waals surface area contributed by atoms with E-state index in [9.17, 15) is 29.1 Å². The summed E-state index contributed by atoms with van der Waals surface area (Å²) in [7, 11) is 0. The summed E-state index contributed by atoms with van der Waals surface area (Å²) in [4.78, 5) is 67.8. The number of anilines is 2. The van der Waals surface area contributed by atoms with Gasteiger partial charge in [-0.3, -0.25) is 28.9 Å². The molecule has 2 heterocycles. The van der Waals surface area contributed by atoms with Gasteiger partial charge in [0.1, 0.15) is 25.8 Å². The van der Waals surface area contributed by atoms with E-state index >= 15 is 0 Å². The average molecular weight is 587 g/mol. The Bertz CT molecular complexity index is 1520. The number of fused-ring (bicyclic) bond motifs is 1. The summed E-state index contributed by atoms with van der Waals surface area (Å²) >= 11 is 0. The second-order valence-electron chi connectivity index (χ2n) is 10.1. The summed E-state index contributed by atoms with van der Waals surface area (Å²) in [6.45, 7) is -1.77. The summed E-state index contributed by atoms with van der Waals surface area (Å²) in [5.41, 5.74) is 0.146. The van der Waals surface area contributed by atoms with Crippen LogP contribution in [0.3, 0.4) is 0 Å². The Morgan fingerprint density at radius 3 is 2.23 bits per heavy atom. The zero-order chi connectivity index (χ0) is 30.4. The molecule has 2 atom stereocenters. The summed E-state index contributed by atoms with van der Waals surface area (Å²) in [5.74, 6) is -3.12. The van der Waals surface area contributed by atoms with Crippen molar-refractivity contribution in [2.24, 2.45) is 0 Å². The van der Waals surface area contributed by atoms with Crippen LogP contribution in [0.2, 0.25) is 0 Å². The Morgan fingerprint density at radius 1 is 0.930 bits per heavy atom. The van der Waals surface area contributed by atoms with Crippen LogP contribution in [-0.4, -0.2) is 72.8 Å². The van der Waals surface area contributed by atoms with E-state index in [1.807, 2.05) is 30.3 Å². The number of ether oxygens (including phenoxy) is 2. The third kappa shape index (κ3) is 6.71. The van der Waals surface area contributed by atoms with Crippen molar-refractivity contribution in [3.8, 4) is 0 Å². The van der Waals surface area contributed by atoms with Crippen LogP contribution >= 0.6 is 0 Å². The molecule has 1 fully saturated rings. The molecule has 0 aliphatic carbocycles. The quantitative estimate of drug-likeness (QED) is 0.249. The van der Waals surface area contributed by atoms with Gasteiger partial charge >= 0.3 is 5.97 Å². The Morgan fingerprint density at radius 2 is 1.58 bits per heavy atom. The lowest BCUT2D eigenvalue weighted by molar-refractivity contribution is -0.138. The number of aliphatic hydroxyl groups is 1. The van der Waals surface area contributed by atoms with Gasteiger partial charge in [0, 0.05) is 5.56 Å². The van der Waals surface area contributed by atoms with E-state index in [4.69, 9.17) is 9.47 Å². The summed E-state index contributed by atoms with van der Waals surface area (Å²) in [6, 6.07) is 22.6. The van der Waals surface area contributed by atoms with Crippen molar-refractivity contribution in [3.63, 3.8) is 0 Å². The van der Waals surface area contributed by atoms with E-state index in [2.05, 4.69) is 10.6 Å². The lowest BCUT2D eigenvalue weighted by atomic mass is 10.1. The van der Waals surface area contributed by atoms with Crippen LogP contribution in [0.15, 0.2) is 84.9 Å². The number of nitrogens with one attached hydrogen (secondary N) is 2. The largest absolute Gasteiger partial charge is 0.460 e. The maximum absolute atomic E-state index is 14.0. The number of carbonyl (C=O) groups is 5. The average Bonchev–Trinajstić information content (AvgIpc) is 3.35. The number of benzene rings is 3. The molecule has 222 valence electrons. The van der Waals surface area contributed by atoms with Gasteiger partial charge in [-0.25, -0.2) is 0 Å². The minimum atomic E-state index is -1.46. The van der Waals surface area contributed by atoms with Gasteiger partial charge in [0.2, 0.25) is 5.91 Å². The third-order valence-electron chi connectivity index (χ3n) is 7.09. The molecule has 2 aliphatic rings. The predicted molar refractivity (Wildman–Crippen MR) is 154 cm³/mol. The van der Waals surface area contributed by atoms with Gasteiger partial charge in [0.15, 0.2) is 5.72 Å². The van der Waals surface area contributed by atoms with E-state index in [1.54, 1.807) is 54.6 Å². The number of hydrogen-bond acceptors (Lipinski definition) is 8. The molecule has 12 nitrogen and oxygen atoms in total. The van der Waals surface area contributed by atoms with Crippen molar-refractivity contribution >= 4 is 41.0 Å². The monoisotopic (exact) mass is 586 g/mol. The topological polar surface area (TPSA) is 155 Å². The van der Waals surface area contributed by atoms with Gasteiger partial charge in [0.25, 0.3) is 17.7 Å². The fraction of sp³-hybridized carbons (Fsp3) is 0.258. The first-order valence-electron chi connectivity index (χ1n) is 13.6. The molecule has 5 rings (SSSR count). The molecule has 3 N–H and O–H groups in total. The van der Waals surface area contributed by atoms with Gasteiger partial charge < -0.3 is 30.1 Å². The van der Waals surface area contributed by atoms with Gasteiger partial charge in [0.05, 0.1) is 30.9 Å². The SMILES string of the molecule is O=C(CN1C(=O)[C@@H](NC(=O)c2ccccc2)CN(C(=O)CO)c2ccccc21)N[C@@]1(OCc2ccccc2)COC(=O)C1. The zero-order valence-electron chi connectivity index (χ0n) is 23.1. The van der Waals surface area contributed by atoms with Crippen molar-refractivity contribution in [1.29, 1.82) is 0 Å². The molecule has 0 unspecified atom stereocenters. The highest BCUT2D eigenvalue weighted by Crippen LogP contribution is 2.33. The number of aliphatic hydroxyl groups excluding tert-OH is 1. The Labute approximate surface area is 247 Å². The van der Waals surface area contributed by atoms with Gasteiger partial charge in [-0.1, -0.05) is 60.7 Å². The summed E-state index contributed by atoms with van der Waals surface area (Å²) in [5, 5.41) is 15.1. The molecule has 1 saturated heterocycles. The summed E-state index contributed by atoms with van der Waals surface area (Å²) in [6.07, 6.45) is -0.232. The number of esters is 1. The standard InChI is InChI=1S/C31H30N4O8/c36-18-27(38)34-16-23(32-29(40)22-11-5-2-6-12-22)30(41)35(25-14-8-7-13-24(25)34)17-26(37)33-31(15-28(39)42-20-31)43-19-21-9-3-1-4-10-21/h1-14,23,36H,15-20H2,(H,32,40)(H,33,37)/t23-,31-/m0/s1. The normalized spacial score (nSPS) is 19.7. The molecule has 0 radical (unpaired) electrons. The Balaban J connectivity index is 1.42. The molecule has 0 bridgehead atoms. The third-order valence-corrected chi connectivity index (χ3v) is 7.09. The Hall–Kier alpha value is -5.07. The Kier molecular flexibility index (Phi) is 8.79. The van der Waals surface area contributed by atoms with Crippen LogP contribution in [0, 0.1) is 0 Å². The highest BCUT2D eigenvalue weighted by molar-refractivity contribution is 6.11. The van der Waals surface area contributed by atoms with Crippen molar-refractivity contribution in [3.05, 3.63) is 96.1 Å². The molecule has 3 aromatic carbocycles. The molecule has 0 aromatic heterocycles. The first kappa shape index (κ1) is 29.4.